The molecule has 3 heterocycles. The first kappa shape index (κ1) is 17.7. The van der Waals surface area contributed by atoms with E-state index in [2.05, 4.69) is 10.1 Å². The maximum absolute atomic E-state index is 13.4. The number of methoxy groups -OCH3 is 1. The van der Waals surface area contributed by atoms with E-state index in [-0.39, 0.29) is 24.2 Å². The van der Waals surface area contributed by atoms with Crippen molar-refractivity contribution in [1.29, 1.82) is 0 Å². The van der Waals surface area contributed by atoms with E-state index >= 15 is 0 Å². The zero-order valence-electron chi connectivity index (χ0n) is 14.0. The summed E-state index contributed by atoms with van der Waals surface area (Å²) in [7, 11) is 1.43. The molecule has 0 radical (unpaired) electrons. The lowest BCUT2D eigenvalue weighted by atomic mass is 10.1. The summed E-state index contributed by atoms with van der Waals surface area (Å²) in [5.74, 6) is -0.194. The summed E-state index contributed by atoms with van der Waals surface area (Å²) < 4.78 is 45.8. The quantitative estimate of drug-likeness (QED) is 0.845. The Labute approximate surface area is 142 Å². The first-order valence-electron chi connectivity index (χ1n) is 8.10. The van der Waals surface area contributed by atoms with Gasteiger partial charge in [0.2, 0.25) is 5.91 Å². The minimum atomic E-state index is -4.53. The maximum Gasteiger partial charge on any atom is 0.433 e. The fraction of sp³-hybridized carbons (Fsp3) is 0.562. The highest BCUT2D eigenvalue weighted by Gasteiger charge is 2.37. The molecule has 0 aliphatic carbocycles. The van der Waals surface area contributed by atoms with Crippen LogP contribution in [-0.2, 0) is 22.1 Å². The van der Waals surface area contributed by atoms with Gasteiger partial charge in [-0.3, -0.25) is 4.79 Å². The minimum absolute atomic E-state index is 0.0596. The normalized spacial score (nSPS) is 18.3. The van der Waals surface area contributed by atoms with Gasteiger partial charge in [-0.15, -0.1) is 0 Å². The molecule has 0 saturated carbocycles. The Bertz CT molecular complexity index is 788. The van der Waals surface area contributed by atoms with Crippen molar-refractivity contribution in [3.63, 3.8) is 0 Å². The van der Waals surface area contributed by atoms with Crippen molar-refractivity contribution in [2.45, 2.75) is 38.4 Å². The van der Waals surface area contributed by atoms with Crippen LogP contribution < -0.4 is 0 Å². The second-order valence-corrected chi connectivity index (χ2v) is 6.00. The number of ether oxygens (including phenoxy) is 1. The van der Waals surface area contributed by atoms with Gasteiger partial charge in [0.25, 0.3) is 0 Å². The van der Waals surface area contributed by atoms with Crippen LogP contribution in [0.3, 0.4) is 0 Å². The number of hydrogen-bond acceptors (Lipinski definition) is 4. The standard InChI is InChI=1S/C16H19F3N4O2/c1-3-10-7-13(16(17,18)19)23-14(20-10)8-11(21-23)12-5-4-6-22(12)15(24)9-25-2/h7-8,12H,3-6,9H2,1-2H3/t12-/m1/s1. The van der Waals surface area contributed by atoms with Gasteiger partial charge < -0.3 is 9.64 Å². The molecule has 0 N–H and O–H groups in total. The molecule has 1 aliphatic rings. The van der Waals surface area contributed by atoms with Gasteiger partial charge >= 0.3 is 6.18 Å². The topological polar surface area (TPSA) is 59.7 Å². The highest BCUT2D eigenvalue weighted by atomic mass is 19.4. The highest BCUT2D eigenvalue weighted by molar-refractivity contribution is 5.78. The van der Waals surface area contributed by atoms with Crippen LogP contribution in [-0.4, -0.2) is 45.7 Å². The van der Waals surface area contributed by atoms with Gasteiger partial charge in [0.1, 0.15) is 12.3 Å². The number of alkyl halides is 3. The van der Waals surface area contributed by atoms with Gasteiger partial charge in [-0.2, -0.15) is 18.3 Å². The average Bonchev–Trinajstić information content (AvgIpc) is 3.19. The number of aryl methyl sites for hydroxylation is 1. The van der Waals surface area contributed by atoms with E-state index in [4.69, 9.17) is 4.74 Å². The summed E-state index contributed by atoms with van der Waals surface area (Å²) in [6, 6.07) is 2.21. The van der Waals surface area contributed by atoms with E-state index < -0.39 is 11.9 Å². The smallest absolute Gasteiger partial charge is 0.375 e. The van der Waals surface area contributed by atoms with Crippen LogP contribution in [0.15, 0.2) is 12.1 Å². The molecule has 1 fully saturated rings. The first-order chi connectivity index (χ1) is 11.8. The van der Waals surface area contributed by atoms with Gasteiger partial charge in [0.05, 0.1) is 11.7 Å². The van der Waals surface area contributed by atoms with Crippen molar-refractivity contribution in [2.75, 3.05) is 20.3 Å². The fourth-order valence-electron chi connectivity index (χ4n) is 3.17. The van der Waals surface area contributed by atoms with Gasteiger partial charge in [-0.25, -0.2) is 9.50 Å². The van der Waals surface area contributed by atoms with Crippen LogP contribution in [0.25, 0.3) is 5.65 Å². The number of halogens is 3. The molecule has 6 nitrogen and oxygen atoms in total. The molecular formula is C16H19F3N4O2. The van der Waals surface area contributed by atoms with Gasteiger partial charge in [-0.1, -0.05) is 6.92 Å². The monoisotopic (exact) mass is 356 g/mol. The summed E-state index contributed by atoms with van der Waals surface area (Å²) in [6.07, 6.45) is -2.72. The van der Waals surface area contributed by atoms with Crippen molar-refractivity contribution < 1.29 is 22.7 Å². The molecule has 1 saturated heterocycles. The lowest BCUT2D eigenvalue weighted by molar-refractivity contribution is -0.143. The summed E-state index contributed by atoms with van der Waals surface area (Å²) in [4.78, 5) is 18.0. The molecule has 136 valence electrons. The maximum atomic E-state index is 13.4. The molecule has 25 heavy (non-hydrogen) atoms. The lowest BCUT2D eigenvalue weighted by Crippen LogP contribution is -2.33. The van der Waals surface area contributed by atoms with Crippen molar-refractivity contribution in [1.82, 2.24) is 19.5 Å². The molecule has 2 aromatic rings. The third-order valence-electron chi connectivity index (χ3n) is 4.33. The van der Waals surface area contributed by atoms with Crippen LogP contribution >= 0.6 is 0 Å². The molecule has 0 bridgehead atoms. The third kappa shape index (κ3) is 3.33. The molecule has 9 heteroatoms. The number of carbonyl (C=O) groups excluding carboxylic acids is 1. The second-order valence-electron chi connectivity index (χ2n) is 6.00. The largest absolute Gasteiger partial charge is 0.433 e. The molecule has 1 amide bonds. The number of rotatable bonds is 4. The highest BCUT2D eigenvalue weighted by Crippen LogP contribution is 2.34. The summed E-state index contributed by atoms with van der Waals surface area (Å²) >= 11 is 0. The Hall–Kier alpha value is -2.16. The van der Waals surface area contributed by atoms with E-state index in [9.17, 15) is 18.0 Å². The van der Waals surface area contributed by atoms with Gasteiger partial charge in [-0.05, 0) is 25.3 Å². The van der Waals surface area contributed by atoms with Gasteiger partial charge in [0, 0.05) is 25.4 Å². The van der Waals surface area contributed by atoms with Crippen LogP contribution in [0.4, 0.5) is 13.2 Å². The van der Waals surface area contributed by atoms with Crippen molar-refractivity contribution in [3.05, 3.63) is 29.2 Å². The van der Waals surface area contributed by atoms with E-state index in [1.54, 1.807) is 11.8 Å². The molecule has 0 aromatic carbocycles. The molecular weight excluding hydrogens is 337 g/mol. The number of hydrogen-bond donors (Lipinski definition) is 0. The molecule has 1 aliphatic heterocycles. The van der Waals surface area contributed by atoms with Crippen LogP contribution in [0.1, 0.15) is 42.9 Å². The Kier molecular flexibility index (Phi) is 4.68. The molecule has 0 spiro atoms. The molecule has 1 atom stereocenters. The fourth-order valence-corrected chi connectivity index (χ4v) is 3.17. The number of likely N-dealkylation sites (tertiary alicyclic amines) is 1. The summed E-state index contributed by atoms with van der Waals surface area (Å²) in [6.45, 7) is 2.23. The van der Waals surface area contributed by atoms with Crippen LogP contribution in [0.2, 0.25) is 0 Å². The van der Waals surface area contributed by atoms with Crippen LogP contribution in [0.5, 0.6) is 0 Å². The number of nitrogens with zero attached hydrogens (tertiary/aromatic N) is 4. The summed E-state index contributed by atoms with van der Waals surface area (Å²) in [5.41, 5.74) is 0.0688. The number of carbonyl (C=O) groups is 1. The average molecular weight is 356 g/mol. The zero-order chi connectivity index (χ0) is 18.2. The lowest BCUT2D eigenvalue weighted by Gasteiger charge is -2.22. The molecule has 2 aromatic heterocycles. The minimum Gasteiger partial charge on any atom is -0.375 e. The SMILES string of the molecule is CCc1cc(C(F)(F)F)n2nc([C@H]3CCCN3C(=O)COC)cc2n1. The summed E-state index contributed by atoms with van der Waals surface area (Å²) in [5, 5.41) is 4.13. The van der Waals surface area contributed by atoms with Crippen molar-refractivity contribution in [3.8, 4) is 0 Å². The van der Waals surface area contributed by atoms with E-state index in [0.29, 0.717) is 30.8 Å². The van der Waals surface area contributed by atoms with Gasteiger partial charge in [0.15, 0.2) is 5.65 Å². The number of amides is 1. The van der Waals surface area contributed by atoms with E-state index in [1.165, 1.54) is 13.2 Å². The Balaban J connectivity index is 2.05. The Morgan fingerprint density at radius 3 is 2.80 bits per heavy atom. The molecule has 0 unspecified atom stereocenters. The zero-order valence-corrected chi connectivity index (χ0v) is 14.0. The van der Waals surface area contributed by atoms with E-state index in [1.807, 2.05) is 0 Å². The van der Waals surface area contributed by atoms with E-state index in [0.717, 1.165) is 17.0 Å². The predicted molar refractivity (Wildman–Crippen MR) is 82.9 cm³/mol. The van der Waals surface area contributed by atoms with Crippen molar-refractivity contribution >= 4 is 11.6 Å². The number of fused-ring (bicyclic) bond motifs is 1. The first-order valence-corrected chi connectivity index (χ1v) is 8.10. The Morgan fingerprint density at radius 1 is 1.40 bits per heavy atom. The predicted octanol–water partition coefficient (Wildman–Crippen LogP) is 2.62. The third-order valence-corrected chi connectivity index (χ3v) is 4.33. The Morgan fingerprint density at radius 2 is 2.16 bits per heavy atom. The second kappa shape index (κ2) is 6.62. The van der Waals surface area contributed by atoms with Crippen molar-refractivity contribution in [2.24, 2.45) is 0 Å². The molecule has 3 rings (SSSR count). The van der Waals surface area contributed by atoms with Crippen LogP contribution in [0, 0.1) is 0 Å². The number of aromatic nitrogens is 3.